The number of hydrogen-bond acceptors (Lipinski definition) is 8. The Morgan fingerprint density at radius 3 is 2.11 bits per heavy atom. The van der Waals surface area contributed by atoms with Crippen LogP contribution in [0.25, 0.3) is 4.96 Å². The summed E-state index contributed by atoms with van der Waals surface area (Å²) in [5.41, 5.74) is 1.00. The molecule has 35 heavy (non-hydrogen) atoms. The maximum Gasteiger partial charge on any atom is 0.337 e. The lowest BCUT2D eigenvalue weighted by Crippen LogP contribution is -2.25. The second-order valence-corrected chi connectivity index (χ2v) is 8.32. The van der Waals surface area contributed by atoms with Gasteiger partial charge in [-0.25, -0.2) is 14.2 Å². The van der Waals surface area contributed by atoms with Crippen molar-refractivity contribution in [3.05, 3.63) is 86.8 Å². The summed E-state index contributed by atoms with van der Waals surface area (Å²) < 4.78 is 10.9. The van der Waals surface area contributed by atoms with Crippen molar-refractivity contribution in [2.45, 2.75) is 6.92 Å². The molecular formula is C24H20N4O6S. The van der Waals surface area contributed by atoms with Crippen LogP contribution in [0.2, 0.25) is 0 Å². The standard InChI is InChI=1S/C24H20N4O6S/c1-13-12-18(29)28-19(21(30)26-16-8-10-17(33-2)11-9-16)20(35-24(28)25-13)22(31)27-15-6-4-14(5-7-15)23(32)34-3/h4-12H,1-3H3,(H,26,30)(H,27,31). The van der Waals surface area contributed by atoms with Crippen LogP contribution < -0.4 is 20.9 Å². The highest BCUT2D eigenvalue weighted by atomic mass is 32.1. The molecule has 10 nitrogen and oxygen atoms in total. The Hall–Kier alpha value is -4.51. The lowest BCUT2D eigenvalue weighted by Gasteiger charge is -2.09. The van der Waals surface area contributed by atoms with Crippen LogP contribution >= 0.6 is 11.3 Å². The highest BCUT2D eigenvalue weighted by molar-refractivity contribution is 7.19. The van der Waals surface area contributed by atoms with Crippen LogP contribution in [0.3, 0.4) is 0 Å². The first-order valence-corrected chi connectivity index (χ1v) is 11.1. The van der Waals surface area contributed by atoms with Gasteiger partial charge in [-0.1, -0.05) is 11.3 Å². The van der Waals surface area contributed by atoms with Gasteiger partial charge >= 0.3 is 5.97 Å². The molecule has 0 fully saturated rings. The third kappa shape index (κ3) is 4.89. The van der Waals surface area contributed by atoms with Crippen LogP contribution in [0.5, 0.6) is 5.75 Å². The lowest BCUT2D eigenvalue weighted by molar-refractivity contribution is 0.0600. The highest BCUT2D eigenvalue weighted by Crippen LogP contribution is 2.24. The molecule has 0 saturated carbocycles. The van der Waals surface area contributed by atoms with E-state index in [9.17, 15) is 19.2 Å². The summed E-state index contributed by atoms with van der Waals surface area (Å²) in [4.78, 5) is 55.3. The number of carbonyl (C=O) groups is 3. The fourth-order valence-corrected chi connectivity index (χ4v) is 4.37. The third-order valence-corrected chi connectivity index (χ3v) is 6.02. The molecule has 0 unspecified atom stereocenters. The summed E-state index contributed by atoms with van der Waals surface area (Å²) in [5, 5.41) is 5.40. The summed E-state index contributed by atoms with van der Waals surface area (Å²) in [6.45, 7) is 1.65. The van der Waals surface area contributed by atoms with E-state index in [-0.39, 0.29) is 15.5 Å². The minimum absolute atomic E-state index is 0.00301. The van der Waals surface area contributed by atoms with E-state index in [0.717, 1.165) is 15.7 Å². The van der Waals surface area contributed by atoms with Gasteiger partial charge in [0.1, 0.15) is 16.3 Å². The van der Waals surface area contributed by atoms with E-state index in [2.05, 4.69) is 20.4 Å². The normalized spacial score (nSPS) is 10.6. The number of fused-ring (bicyclic) bond motifs is 1. The first kappa shape index (κ1) is 23.6. The molecule has 0 aliphatic heterocycles. The van der Waals surface area contributed by atoms with Crippen LogP contribution in [0.4, 0.5) is 11.4 Å². The van der Waals surface area contributed by atoms with Crippen molar-refractivity contribution in [3.8, 4) is 5.75 Å². The number of benzene rings is 2. The molecule has 0 bridgehead atoms. The molecule has 4 aromatic rings. The van der Waals surface area contributed by atoms with E-state index in [1.807, 2.05) is 0 Å². The molecule has 4 rings (SSSR count). The topological polar surface area (TPSA) is 128 Å². The van der Waals surface area contributed by atoms with Crippen molar-refractivity contribution in [1.82, 2.24) is 9.38 Å². The number of thiazole rings is 1. The maximum absolute atomic E-state index is 13.3. The van der Waals surface area contributed by atoms with Crippen LogP contribution in [0.15, 0.2) is 59.4 Å². The van der Waals surface area contributed by atoms with E-state index >= 15 is 0 Å². The smallest absolute Gasteiger partial charge is 0.337 e. The van der Waals surface area contributed by atoms with Crippen LogP contribution in [-0.4, -0.2) is 41.4 Å². The fraction of sp³-hybridized carbons (Fsp3) is 0.125. The molecule has 2 heterocycles. The molecular weight excluding hydrogens is 472 g/mol. The number of rotatable bonds is 6. The number of nitrogens with one attached hydrogen (secondary N) is 2. The van der Waals surface area contributed by atoms with Gasteiger partial charge in [0.15, 0.2) is 4.96 Å². The number of methoxy groups -OCH3 is 2. The van der Waals surface area contributed by atoms with Gasteiger partial charge < -0.3 is 20.1 Å². The number of nitrogens with zero attached hydrogens (tertiary/aromatic N) is 2. The van der Waals surface area contributed by atoms with Crippen molar-refractivity contribution >= 4 is 45.5 Å². The summed E-state index contributed by atoms with van der Waals surface area (Å²) in [5.74, 6) is -1.16. The Labute approximate surface area is 203 Å². The molecule has 2 amide bonds. The largest absolute Gasteiger partial charge is 0.497 e. The molecule has 178 valence electrons. The van der Waals surface area contributed by atoms with E-state index in [0.29, 0.717) is 28.4 Å². The second kappa shape index (κ2) is 9.77. The van der Waals surface area contributed by atoms with Gasteiger partial charge in [-0.05, 0) is 55.5 Å². The number of carbonyl (C=O) groups excluding carboxylic acids is 3. The molecule has 11 heteroatoms. The Morgan fingerprint density at radius 2 is 1.51 bits per heavy atom. The van der Waals surface area contributed by atoms with Gasteiger partial charge in [0.2, 0.25) is 0 Å². The van der Waals surface area contributed by atoms with Crippen molar-refractivity contribution < 1.29 is 23.9 Å². The Morgan fingerprint density at radius 1 is 0.914 bits per heavy atom. The minimum atomic E-state index is -0.652. The fourth-order valence-electron chi connectivity index (χ4n) is 3.30. The second-order valence-electron chi connectivity index (χ2n) is 7.34. The van der Waals surface area contributed by atoms with E-state index in [4.69, 9.17) is 4.74 Å². The molecule has 0 saturated heterocycles. The average Bonchev–Trinajstić information content (AvgIpc) is 3.24. The number of aryl methyl sites for hydroxylation is 1. The number of amides is 2. The zero-order valence-corrected chi connectivity index (χ0v) is 19.8. The Bertz CT molecular complexity index is 1490. The van der Waals surface area contributed by atoms with Crippen molar-refractivity contribution in [2.75, 3.05) is 24.9 Å². The quantitative estimate of drug-likeness (QED) is 0.395. The van der Waals surface area contributed by atoms with Crippen molar-refractivity contribution in [2.24, 2.45) is 0 Å². The van der Waals surface area contributed by atoms with Gasteiger partial charge in [0.25, 0.3) is 17.4 Å². The van der Waals surface area contributed by atoms with Crippen molar-refractivity contribution in [3.63, 3.8) is 0 Å². The summed E-state index contributed by atoms with van der Waals surface area (Å²) >= 11 is 0.921. The minimum Gasteiger partial charge on any atom is -0.497 e. The van der Waals surface area contributed by atoms with Crippen molar-refractivity contribution in [1.29, 1.82) is 0 Å². The summed E-state index contributed by atoms with van der Waals surface area (Å²) in [7, 11) is 2.80. The SMILES string of the molecule is COC(=O)c1ccc(NC(=O)c2sc3nc(C)cc(=O)n3c2C(=O)Nc2ccc(OC)cc2)cc1. The van der Waals surface area contributed by atoms with Gasteiger partial charge in [-0.3, -0.25) is 14.4 Å². The predicted molar refractivity (Wildman–Crippen MR) is 131 cm³/mol. The number of aromatic nitrogens is 2. The first-order valence-electron chi connectivity index (χ1n) is 10.3. The summed E-state index contributed by atoms with van der Waals surface area (Å²) in [6, 6.07) is 14.0. The Kier molecular flexibility index (Phi) is 6.60. The zero-order chi connectivity index (χ0) is 25.1. The monoisotopic (exact) mass is 492 g/mol. The molecule has 0 radical (unpaired) electrons. The predicted octanol–water partition coefficient (Wildman–Crippen LogP) is 3.36. The molecule has 0 aliphatic rings. The molecule has 2 N–H and O–H groups in total. The number of esters is 1. The van der Waals surface area contributed by atoms with Gasteiger partial charge in [-0.2, -0.15) is 0 Å². The molecule has 0 spiro atoms. The summed E-state index contributed by atoms with van der Waals surface area (Å²) in [6.07, 6.45) is 0. The molecule has 2 aromatic heterocycles. The molecule has 0 aliphatic carbocycles. The molecule has 0 atom stereocenters. The van der Waals surface area contributed by atoms with Crippen LogP contribution in [0, 0.1) is 6.92 Å². The van der Waals surface area contributed by atoms with Crippen LogP contribution in [-0.2, 0) is 4.74 Å². The number of anilines is 2. The highest BCUT2D eigenvalue weighted by Gasteiger charge is 2.26. The van der Waals surface area contributed by atoms with E-state index in [1.165, 1.54) is 44.6 Å². The van der Waals surface area contributed by atoms with Gasteiger partial charge in [0, 0.05) is 23.1 Å². The van der Waals surface area contributed by atoms with Gasteiger partial charge in [0.05, 0.1) is 19.8 Å². The van der Waals surface area contributed by atoms with E-state index < -0.39 is 23.3 Å². The van der Waals surface area contributed by atoms with Gasteiger partial charge in [-0.15, -0.1) is 0 Å². The maximum atomic E-state index is 13.3. The Balaban J connectivity index is 1.71. The van der Waals surface area contributed by atoms with Crippen LogP contribution in [0.1, 0.15) is 36.2 Å². The third-order valence-electron chi connectivity index (χ3n) is 4.98. The van der Waals surface area contributed by atoms with E-state index in [1.54, 1.807) is 31.2 Å². The zero-order valence-electron chi connectivity index (χ0n) is 18.9. The lowest BCUT2D eigenvalue weighted by atomic mass is 10.2. The molecule has 2 aromatic carbocycles. The first-order chi connectivity index (χ1) is 16.8. The number of hydrogen-bond donors (Lipinski definition) is 2. The average molecular weight is 493 g/mol. The number of ether oxygens (including phenoxy) is 2.